The fraction of sp³-hybridized carbons (Fsp3) is 0.533. The molecule has 0 saturated carbocycles. The van der Waals surface area contributed by atoms with Gasteiger partial charge in [-0.05, 0) is 39.1 Å². The lowest BCUT2D eigenvalue weighted by molar-refractivity contribution is -0.121. The molecular weight excluding hydrogens is 240 g/mol. The molecule has 106 valence electrons. The van der Waals surface area contributed by atoms with Crippen molar-refractivity contribution in [3.63, 3.8) is 0 Å². The van der Waals surface area contributed by atoms with Crippen LogP contribution in [0.2, 0.25) is 0 Å². The molecule has 0 fully saturated rings. The summed E-state index contributed by atoms with van der Waals surface area (Å²) in [5.41, 5.74) is 1.22. The van der Waals surface area contributed by atoms with Crippen LogP contribution in [0, 0.1) is 6.92 Å². The molecule has 4 heteroatoms. The Kier molecular flexibility index (Phi) is 5.51. The second-order valence-electron chi connectivity index (χ2n) is 5.61. The average molecular weight is 264 g/mol. The Morgan fingerprint density at radius 1 is 1.37 bits per heavy atom. The third kappa shape index (κ3) is 5.85. The van der Waals surface area contributed by atoms with E-state index in [1.54, 1.807) is 6.92 Å². The Hall–Kier alpha value is -1.39. The summed E-state index contributed by atoms with van der Waals surface area (Å²) in [5, 5.41) is 12.9. The molecule has 1 unspecified atom stereocenters. The molecular formula is C15H24N2O2. The largest absolute Gasteiger partial charge is 0.387 e. The Labute approximate surface area is 115 Å². The third-order valence-electron chi connectivity index (χ3n) is 2.94. The van der Waals surface area contributed by atoms with E-state index in [0.717, 1.165) is 11.1 Å². The molecule has 1 aromatic rings. The standard InChI is InChI=1S/C15H24N2O2/c1-12-7-5-6-8-13(12)9-14(18)16-10-15(2,19)11-17(3)4/h5-8,19H,9-11H2,1-4H3,(H,16,18). The molecule has 19 heavy (non-hydrogen) atoms. The molecule has 0 aliphatic heterocycles. The van der Waals surface area contributed by atoms with Crippen LogP contribution in [0.3, 0.4) is 0 Å². The van der Waals surface area contributed by atoms with Crippen molar-refractivity contribution >= 4 is 5.91 Å². The van der Waals surface area contributed by atoms with Gasteiger partial charge in [0.2, 0.25) is 5.91 Å². The number of nitrogens with zero attached hydrogens (tertiary/aromatic N) is 1. The molecule has 0 aromatic heterocycles. The highest BCUT2D eigenvalue weighted by molar-refractivity contribution is 5.78. The summed E-state index contributed by atoms with van der Waals surface area (Å²) in [6.45, 7) is 4.49. The van der Waals surface area contributed by atoms with Crippen molar-refractivity contribution in [2.45, 2.75) is 25.9 Å². The minimum atomic E-state index is -0.912. The van der Waals surface area contributed by atoms with Gasteiger partial charge in [-0.3, -0.25) is 4.79 Å². The maximum Gasteiger partial charge on any atom is 0.224 e. The summed E-state index contributed by atoms with van der Waals surface area (Å²) in [7, 11) is 3.78. The number of nitrogens with one attached hydrogen (secondary N) is 1. The topological polar surface area (TPSA) is 52.6 Å². The zero-order chi connectivity index (χ0) is 14.5. The smallest absolute Gasteiger partial charge is 0.224 e. The van der Waals surface area contributed by atoms with Crippen molar-refractivity contribution in [1.82, 2.24) is 10.2 Å². The lowest BCUT2D eigenvalue weighted by Crippen LogP contribution is -2.47. The van der Waals surface area contributed by atoms with Crippen molar-refractivity contribution in [2.24, 2.45) is 0 Å². The van der Waals surface area contributed by atoms with Crippen molar-refractivity contribution in [2.75, 3.05) is 27.2 Å². The summed E-state index contributed by atoms with van der Waals surface area (Å²) < 4.78 is 0. The zero-order valence-electron chi connectivity index (χ0n) is 12.2. The van der Waals surface area contributed by atoms with Crippen molar-refractivity contribution in [3.8, 4) is 0 Å². The first-order valence-corrected chi connectivity index (χ1v) is 6.48. The Bertz CT molecular complexity index is 428. The summed E-state index contributed by atoms with van der Waals surface area (Å²) in [5.74, 6) is -0.0617. The van der Waals surface area contributed by atoms with Gasteiger partial charge < -0.3 is 15.3 Å². The van der Waals surface area contributed by atoms with Crippen LogP contribution in [-0.2, 0) is 11.2 Å². The van der Waals surface area contributed by atoms with Gasteiger partial charge in [0.1, 0.15) is 0 Å². The molecule has 0 spiro atoms. The molecule has 0 heterocycles. The first-order valence-electron chi connectivity index (χ1n) is 6.48. The van der Waals surface area contributed by atoms with Gasteiger partial charge in [-0.2, -0.15) is 0 Å². The highest BCUT2D eigenvalue weighted by Crippen LogP contribution is 2.08. The van der Waals surface area contributed by atoms with E-state index in [2.05, 4.69) is 5.32 Å². The van der Waals surface area contributed by atoms with E-state index in [9.17, 15) is 9.90 Å². The molecule has 1 rings (SSSR count). The second kappa shape index (κ2) is 6.68. The fourth-order valence-corrected chi connectivity index (χ4v) is 2.07. The van der Waals surface area contributed by atoms with Crippen LogP contribution < -0.4 is 5.32 Å². The van der Waals surface area contributed by atoms with E-state index in [1.807, 2.05) is 50.2 Å². The van der Waals surface area contributed by atoms with E-state index in [-0.39, 0.29) is 12.5 Å². The summed E-state index contributed by atoms with van der Waals surface area (Å²) in [6.07, 6.45) is 0.352. The van der Waals surface area contributed by atoms with E-state index >= 15 is 0 Å². The van der Waals surface area contributed by atoms with Crippen molar-refractivity contribution in [3.05, 3.63) is 35.4 Å². The van der Waals surface area contributed by atoms with E-state index in [1.165, 1.54) is 0 Å². The third-order valence-corrected chi connectivity index (χ3v) is 2.94. The summed E-state index contributed by atoms with van der Waals surface area (Å²) in [4.78, 5) is 13.8. The molecule has 0 saturated heterocycles. The lowest BCUT2D eigenvalue weighted by Gasteiger charge is -2.27. The van der Waals surface area contributed by atoms with Gasteiger partial charge in [0.15, 0.2) is 0 Å². The van der Waals surface area contributed by atoms with Crippen molar-refractivity contribution < 1.29 is 9.90 Å². The Balaban J connectivity index is 2.46. The molecule has 0 bridgehead atoms. The summed E-state index contributed by atoms with van der Waals surface area (Å²) >= 11 is 0. The normalized spacial score (nSPS) is 14.2. The van der Waals surface area contributed by atoms with Gasteiger partial charge in [-0.25, -0.2) is 0 Å². The van der Waals surface area contributed by atoms with Crippen LogP contribution in [0.1, 0.15) is 18.1 Å². The number of hydrogen-bond donors (Lipinski definition) is 2. The molecule has 0 aliphatic carbocycles. The molecule has 0 radical (unpaired) electrons. The van der Waals surface area contributed by atoms with Crippen LogP contribution in [0.5, 0.6) is 0 Å². The van der Waals surface area contributed by atoms with Crippen LogP contribution in [0.4, 0.5) is 0 Å². The number of aliphatic hydroxyl groups is 1. The monoisotopic (exact) mass is 264 g/mol. The number of amides is 1. The van der Waals surface area contributed by atoms with Crippen LogP contribution in [0.15, 0.2) is 24.3 Å². The molecule has 1 aromatic carbocycles. The number of carbonyl (C=O) groups is 1. The number of hydrogen-bond acceptors (Lipinski definition) is 3. The maximum absolute atomic E-state index is 11.9. The van der Waals surface area contributed by atoms with Crippen LogP contribution in [0.25, 0.3) is 0 Å². The fourth-order valence-electron chi connectivity index (χ4n) is 2.07. The van der Waals surface area contributed by atoms with Gasteiger partial charge in [0.25, 0.3) is 0 Å². The SMILES string of the molecule is Cc1ccccc1CC(=O)NCC(C)(O)CN(C)C. The van der Waals surface area contributed by atoms with Crippen molar-refractivity contribution in [1.29, 1.82) is 0 Å². The number of benzene rings is 1. The Morgan fingerprint density at radius 2 is 2.00 bits per heavy atom. The van der Waals surface area contributed by atoms with Gasteiger partial charge >= 0.3 is 0 Å². The first kappa shape index (κ1) is 15.7. The molecule has 0 aliphatic rings. The first-order chi connectivity index (χ1) is 8.80. The molecule has 1 amide bonds. The maximum atomic E-state index is 11.9. The molecule has 2 N–H and O–H groups in total. The average Bonchev–Trinajstić information content (AvgIpc) is 2.28. The van der Waals surface area contributed by atoms with Crippen LogP contribution in [-0.4, -0.2) is 48.7 Å². The van der Waals surface area contributed by atoms with Gasteiger partial charge in [-0.15, -0.1) is 0 Å². The second-order valence-corrected chi connectivity index (χ2v) is 5.61. The van der Waals surface area contributed by atoms with Gasteiger partial charge in [-0.1, -0.05) is 24.3 Å². The molecule has 4 nitrogen and oxygen atoms in total. The van der Waals surface area contributed by atoms with E-state index in [4.69, 9.17) is 0 Å². The lowest BCUT2D eigenvalue weighted by atomic mass is 10.0. The number of carbonyl (C=O) groups excluding carboxylic acids is 1. The van der Waals surface area contributed by atoms with Crippen LogP contribution >= 0.6 is 0 Å². The predicted octanol–water partition coefficient (Wildman–Crippen LogP) is 0.966. The highest BCUT2D eigenvalue weighted by atomic mass is 16.3. The van der Waals surface area contributed by atoms with E-state index in [0.29, 0.717) is 13.0 Å². The highest BCUT2D eigenvalue weighted by Gasteiger charge is 2.22. The van der Waals surface area contributed by atoms with Gasteiger partial charge in [0.05, 0.1) is 12.0 Å². The number of aryl methyl sites for hydroxylation is 1. The minimum Gasteiger partial charge on any atom is -0.387 e. The predicted molar refractivity (Wildman–Crippen MR) is 77.1 cm³/mol. The molecule has 1 atom stereocenters. The number of rotatable bonds is 6. The Morgan fingerprint density at radius 3 is 2.58 bits per heavy atom. The minimum absolute atomic E-state index is 0.0617. The number of likely N-dealkylation sites (N-methyl/N-ethyl adjacent to an activating group) is 1. The quantitative estimate of drug-likeness (QED) is 0.805. The van der Waals surface area contributed by atoms with Gasteiger partial charge in [0, 0.05) is 13.1 Å². The zero-order valence-corrected chi connectivity index (χ0v) is 12.2. The summed E-state index contributed by atoms with van der Waals surface area (Å²) in [6, 6.07) is 7.83. The van der Waals surface area contributed by atoms with E-state index < -0.39 is 5.60 Å².